The SMILES string of the molecule is CS(=O)(=O)Nc1cn(CC(=O)Nc2ccc(Cl)cc2Cl)nn1. The van der Waals surface area contributed by atoms with Crippen molar-refractivity contribution in [2.45, 2.75) is 6.54 Å². The van der Waals surface area contributed by atoms with Gasteiger partial charge in [0.1, 0.15) is 6.54 Å². The summed E-state index contributed by atoms with van der Waals surface area (Å²) in [5.74, 6) is -0.375. The fourth-order valence-corrected chi connectivity index (χ4v) is 2.47. The molecule has 0 unspecified atom stereocenters. The maximum atomic E-state index is 11.9. The van der Waals surface area contributed by atoms with Crippen LogP contribution in [0.2, 0.25) is 10.0 Å². The number of carbonyl (C=O) groups is 1. The van der Waals surface area contributed by atoms with Gasteiger partial charge in [-0.3, -0.25) is 9.52 Å². The molecular formula is C11H11Cl2N5O3S. The third-order valence-electron chi connectivity index (χ3n) is 2.34. The van der Waals surface area contributed by atoms with Gasteiger partial charge in [0.15, 0.2) is 5.82 Å². The number of aromatic nitrogens is 3. The molecule has 0 aliphatic carbocycles. The fraction of sp³-hybridized carbons (Fsp3) is 0.182. The average molecular weight is 364 g/mol. The Kier molecular flexibility index (Phi) is 4.89. The Morgan fingerprint density at radius 3 is 2.73 bits per heavy atom. The quantitative estimate of drug-likeness (QED) is 0.838. The lowest BCUT2D eigenvalue weighted by atomic mass is 10.3. The topological polar surface area (TPSA) is 106 Å². The molecule has 2 aromatic rings. The monoisotopic (exact) mass is 363 g/mol. The van der Waals surface area contributed by atoms with Gasteiger partial charge in [-0.1, -0.05) is 28.4 Å². The van der Waals surface area contributed by atoms with Crippen LogP contribution in [-0.4, -0.2) is 35.6 Å². The number of benzene rings is 1. The molecule has 22 heavy (non-hydrogen) atoms. The molecule has 0 saturated heterocycles. The first-order valence-electron chi connectivity index (χ1n) is 5.86. The summed E-state index contributed by atoms with van der Waals surface area (Å²) in [6, 6.07) is 4.66. The van der Waals surface area contributed by atoms with Gasteiger partial charge in [-0.25, -0.2) is 13.1 Å². The van der Waals surface area contributed by atoms with Crippen LogP contribution in [0.1, 0.15) is 0 Å². The Labute approximate surface area is 136 Å². The maximum absolute atomic E-state index is 11.9. The average Bonchev–Trinajstić information content (AvgIpc) is 2.77. The van der Waals surface area contributed by atoms with Crippen LogP contribution in [-0.2, 0) is 21.4 Å². The molecule has 0 aliphatic rings. The van der Waals surface area contributed by atoms with Crippen LogP contribution >= 0.6 is 23.2 Å². The van der Waals surface area contributed by atoms with E-state index >= 15 is 0 Å². The zero-order valence-corrected chi connectivity index (χ0v) is 13.6. The second kappa shape index (κ2) is 6.51. The molecule has 2 rings (SSSR count). The van der Waals surface area contributed by atoms with Crippen LogP contribution in [0, 0.1) is 0 Å². The van der Waals surface area contributed by atoms with E-state index in [4.69, 9.17) is 23.2 Å². The number of sulfonamides is 1. The first-order valence-corrected chi connectivity index (χ1v) is 8.50. The predicted molar refractivity (Wildman–Crippen MR) is 83.6 cm³/mol. The molecule has 8 nitrogen and oxygen atoms in total. The highest BCUT2D eigenvalue weighted by Gasteiger charge is 2.10. The lowest BCUT2D eigenvalue weighted by Crippen LogP contribution is -2.19. The van der Waals surface area contributed by atoms with Crippen molar-refractivity contribution in [2.75, 3.05) is 16.3 Å². The minimum absolute atomic E-state index is 0.0276. The van der Waals surface area contributed by atoms with Crippen LogP contribution in [0.15, 0.2) is 24.4 Å². The van der Waals surface area contributed by atoms with Gasteiger partial charge < -0.3 is 5.32 Å². The number of nitrogens with one attached hydrogen (secondary N) is 2. The number of hydrogen-bond acceptors (Lipinski definition) is 5. The summed E-state index contributed by atoms with van der Waals surface area (Å²) in [4.78, 5) is 11.9. The first kappa shape index (κ1) is 16.5. The summed E-state index contributed by atoms with van der Waals surface area (Å²) in [5, 5.41) is 10.6. The van der Waals surface area contributed by atoms with Gasteiger partial charge >= 0.3 is 0 Å². The van der Waals surface area contributed by atoms with Gasteiger partial charge in [0.25, 0.3) is 0 Å². The van der Waals surface area contributed by atoms with Crippen molar-refractivity contribution >= 4 is 50.6 Å². The van der Waals surface area contributed by atoms with Crippen molar-refractivity contribution in [1.29, 1.82) is 0 Å². The lowest BCUT2D eigenvalue weighted by Gasteiger charge is -2.07. The summed E-state index contributed by atoms with van der Waals surface area (Å²) in [6.07, 6.45) is 2.28. The standard InChI is InChI=1S/C11H11Cl2N5O3S/c1-22(20,21)16-10-5-18(17-15-10)6-11(19)14-9-3-2-7(12)4-8(9)13/h2-5,16H,6H2,1H3,(H,14,19). The molecule has 11 heteroatoms. The highest BCUT2D eigenvalue weighted by molar-refractivity contribution is 7.92. The Morgan fingerprint density at radius 2 is 2.09 bits per heavy atom. The zero-order valence-electron chi connectivity index (χ0n) is 11.2. The molecule has 0 aliphatic heterocycles. The second-order valence-electron chi connectivity index (χ2n) is 4.35. The van der Waals surface area contributed by atoms with Crippen LogP contribution in [0.3, 0.4) is 0 Å². The van der Waals surface area contributed by atoms with E-state index in [1.165, 1.54) is 16.9 Å². The smallest absolute Gasteiger partial charge is 0.246 e. The molecule has 1 amide bonds. The van der Waals surface area contributed by atoms with Crippen molar-refractivity contribution in [3.05, 3.63) is 34.4 Å². The number of nitrogens with zero attached hydrogens (tertiary/aromatic N) is 3. The van der Waals surface area contributed by atoms with Crippen molar-refractivity contribution in [2.24, 2.45) is 0 Å². The molecule has 0 saturated carbocycles. The largest absolute Gasteiger partial charge is 0.323 e. The maximum Gasteiger partial charge on any atom is 0.246 e. The molecule has 0 atom stereocenters. The fourth-order valence-electron chi connectivity index (χ4n) is 1.54. The number of carbonyl (C=O) groups excluding carboxylic acids is 1. The van der Waals surface area contributed by atoms with E-state index in [9.17, 15) is 13.2 Å². The van der Waals surface area contributed by atoms with Crippen molar-refractivity contribution in [3.63, 3.8) is 0 Å². The Balaban J connectivity index is 2.00. The number of halogens is 2. The number of hydrogen-bond donors (Lipinski definition) is 2. The molecule has 118 valence electrons. The number of anilines is 2. The van der Waals surface area contributed by atoms with Crippen molar-refractivity contribution < 1.29 is 13.2 Å². The van der Waals surface area contributed by atoms with Gasteiger partial charge in [-0.15, -0.1) is 5.10 Å². The minimum Gasteiger partial charge on any atom is -0.323 e. The van der Waals surface area contributed by atoms with E-state index in [2.05, 4.69) is 20.4 Å². The first-order chi connectivity index (χ1) is 10.2. The molecular weight excluding hydrogens is 353 g/mol. The van der Waals surface area contributed by atoms with Gasteiger partial charge in [-0.05, 0) is 18.2 Å². The summed E-state index contributed by atoms with van der Waals surface area (Å²) >= 11 is 11.7. The Bertz CT molecular complexity index is 806. The molecule has 1 aromatic carbocycles. The molecule has 0 spiro atoms. The molecule has 0 fully saturated rings. The zero-order chi connectivity index (χ0) is 16.3. The van der Waals surface area contributed by atoms with E-state index in [1.54, 1.807) is 12.1 Å². The summed E-state index contributed by atoms with van der Waals surface area (Å²) in [7, 11) is -3.45. The van der Waals surface area contributed by atoms with E-state index in [0.29, 0.717) is 15.7 Å². The van der Waals surface area contributed by atoms with Crippen LogP contribution in [0.4, 0.5) is 11.5 Å². The van der Waals surface area contributed by atoms with E-state index in [0.717, 1.165) is 6.26 Å². The van der Waals surface area contributed by atoms with Gasteiger partial charge in [0, 0.05) is 5.02 Å². The van der Waals surface area contributed by atoms with E-state index in [-0.39, 0.29) is 12.4 Å². The minimum atomic E-state index is -3.45. The van der Waals surface area contributed by atoms with Crippen molar-refractivity contribution in [3.8, 4) is 0 Å². The predicted octanol–water partition coefficient (Wildman–Crippen LogP) is 1.60. The van der Waals surface area contributed by atoms with Crippen LogP contribution in [0.5, 0.6) is 0 Å². The van der Waals surface area contributed by atoms with Gasteiger partial charge in [0.05, 0.1) is 23.2 Å². The summed E-state index contributed by atoms with van der Waals surface area (Å²) in [6.45, 7) is -0.155. The second-order valence-corrected chi connectivity index (χ2v) is 6.94. The molecule has 2 N–H and O–H groups in total. The van der Waals surface area contributed by atoms with Crippen LogP contribution < -0.4 is 10.0 Å². The number of rotatable bonds is 5. The highest BCUT2D eigenvalue weighted by Crippen LogP contribution is 2.25. The number of amides is 1. The molecule has 1 aromatic heterocycles. The van der Waals surface area contributed by atoms with Gasteiger partial charge in [0.2, 0.25) is 15.9 Å². The highest BCUT2D eigenvalue weighted by atomic mass is 35.5. The normalized spacial score (nSPS) is 11.2. The molecule has 0 radical (unpaired) electrons. The third-order valence-corrected chi connectivity index (χ3v) is 3.47. The Morgan fingerprint density at radius 1 is 1.36 bits per heavy atom. The Hall–Kier alpha value is -1.84. The van der Waals surface area contributed by atoms with Gasteiger partial charge in [-0.2, -0.15) is 0 Å². The third kappa shape index (κ3) is 4.86. The van der Waals surface area contributed by atoms with Crippen LogP contribution in [0.25, 0.3) is 0 Å². The van der Waals surface area contributed by atoms with E-state index in [1.807, 2.05) is 0 Å². The summed E-state index contributed by atoms with van der Waals surface area (Å²) in [5.41, 5.74) is 0.408. The molecule has 1 heterocycles. The van der Waals surface area contributed by atoms with E-state index < -0.39 is 15.9 Å². The summed E-state index contributed by atoms with van der Waals surface area (Å²) < 4.78 is 25.4. The van der Waals surface area contributed by atoms with Crippen molar-refractivity contribution in [1.82, 2.24) is 15.0 Å². The lowest BCUT2D eigenvalue weighted by molar-refractivity contribution is -0.116. The molecule has 0 bridgehead atoms.